The summed E-state index contributed by atoms with van der Waals surface area (Å²) < 4.78 is 40.0. The zero-order valence-electron chi connectivity index (χ0n) is 21.5. The van der Waals surface area contributed by atoms with E-state index in [0.29, 0.717) is 5.75 Å². The number of esters is 1. The quantitative estimate of drug-likeness (QED) is 0.158. The standard InChI is InChI=1S/C29H38F2N2O3S/c1-2-3-4-7-21-8-10-22(11-9-21)26-18-23-12-13-24(19-27(23)37-26)35-16-5-14-29(30,31)15-6-17-36-28(34)25(33)20-32/h8-13,18-19,25H,2-7,14-17,20,32-33H2,1H3. The molecule has 0 spiro atoms. The lowest BCUT2D eigenvalue weighted by molar-refractivity contribution is -0.145. The van der Waals surface area contributed by atoms with E-state index in [1.807, 2.05) is 18.2 Å². The van der Waals surface area contributed by atoms with Crippen LogP contribution in [0.4, 0.5) is 8.78 Å². The van der Waals surface area contributed by atoms with E-state index in [1.54, 1.807) is 11.3 Å². The van der Waals surface area contributed by atoms with Gasteiger partial charge in [-0.25, -0.2) is 8.78 Å². The fourth-order valence-electron chi connectivity index (χ4n) is 4.01. The van der Waals surface area contributed by atoms with E-state index in [9.17, 15) is 13.6 Å². The molecule has 1 aromatic heterocycles. The number of carbonyl (C=O) groups is 1. The van der Waals surface area contributed by atoms with E-state index < -0.39 is 17.9 Å². The number of halogens is 2. The molecule has 0 bridgehead atoms. The molecule has 0 saturated heterocycles. The number of hydrogen-bond acceptors (Lipinski definition) is 6. The van der Waals surface area contributed by atoms with Gasteiger partial charge in [-0.2, -0.15) is 0 Å². The van der Waals surface area contributed by atoms with Crippen LogP contribution in [0.5, 0.6) is 5.75 Å². The monoisotopic (exact) mass is 532 g/mol. The number of thiophene rings is 1. The van der Waals surface area contributed by atoms with Crippen molar-refractivity contribution >= 4 is 27.4 Å². The van der Waals surface area contributed by atoms with Gasteiger partial charge < -0.3 is 20.9 Å². The number of ether oxygens (including phenoxy) is 2. The van der Waals surface area contributed by atoms with Gasteiger partial charge in [0.1, 0.15) is 11.8 Å². The number of carbonyl (C=O) groups excluding carboxylic acids is 1. The first-order valence-electron chi connectivity index (χ1n) is 13.1. The first-order chi connectivity index (χ1) is 17.8. The molecule has 0 aliphatic rings. The van der Waals surface area contributed by atoms with Crippen LogP contribution in [0.2, 0.25) is 0 Å². The minimum Gasteiger partial charge on any atom is -0.494 e. The summed E-state index contributed by atoms with van der Waals surface area (Å²) in [6.45, 7) is 2.29. The van der Waals surface area contributed by atoms with Gasteiger partial charge in [0.15, 0.2) is 0 Å². The lowest BCUT2D eigenvalue weighted by Gasteiger charge is -2.17. The Hall–Kier alpha value is -2.55. The minimum atomic E-state index is -2.84. The van der Waals surface area contributed by atoms with Crippen LogP contribution in [0.15, 0.2) is 48.5 Å². The van der Waals surface area contributed by atoms with E-state index in [2.05, 4.69) is 37.3 Å². The Labute approximate surface area is 222 Å². The van der Waals surface area contributed by atoms with Gasteiger partial charge in [0.05, 0.1) is 13.2 Å². The average molecular weight is 533 g/mol. The Balaban J connectivity index is 1.43. The van der Waals surface area contributed by atoms with E-state index >= 15 is 0 Å². The molecule has 1 heterocycles. The maximum Gasteiger partial charge on any atom is 0.324 e. The number of aryl methyl sites for hydroxylation is 1. The molecule has 3 aromatic rings. The van der Waals surface area contributed by atoms with Crippen molar-refractivity contribution in [3.8, 4) is 16.2 Å². The average Bonchev–Trinajstić information content (AvgIpc) is 3.32. The van der Waals surface area contributed by atoms with Gasteiger partial charge in [0, 0.05) is 29.0 Å². The number of nitrogens with two attached hydrogens (primary N) is 2. The van der Waals surface area contributed by atoms with E-state index in [4.69, 9.17) is 20.9 Å². The van der Waals surface area contributed by atoms with Gasteiger partial charge in [-0.05, 0) is 66.5 Å². The Bertz CT molecular complexity index is 1120. The van der Waals surface area contributed by atoms with Gasteiger partial charge in [-0.3, -0.25) is 4.79 Å². The molecule has 0 radical (unpaired) electrons. The molecular formula is C29H38F2N2O3S. The number of alkyl halides is 2. The van der Waals surface area contributed by atoms with Crippen LogP contribution < -0.4 is 16.2 Å². The molecule has 5 nitrogen and oxygen atoms in total. The third-order valence-corrected chi connectivity index (χ3v) is 7.39. The van der Waals surface area contributed by atoms with E-state index in [-0.39, 0.29) is 45.4 Å². The number of hydrogen-bond donors (Lipinski definition) is 2. The molecule has 4 N–H and O–H groups in total. The van der Waals surface area contributed by atoms with E-state index in [1.165, 1.54) is 35.3 Å². The van der Waals surface area contributed by atoms with Gasteiger partial charge in [-0.1, -0.05) is 44.0 Å². The second kappa shape index (κ2) is 14.4. The van der Waals surface area contributed by atoms with Crippen LogP contribution in [0.1, 0.15) is 57.4 Å². The first kappa shape index (κ1) is 29.0. The second-order valence-electron chi connectivity index (χ2n) is 9.39. The molecule has 0 fully saturated rings. The highest BCUT2D eigenvalue weighted by molar-refractivity contribution is 7.22. The largest absolute Gasteiger partial charge is 0.494 e. The molecule has 0 aliphatic carbocycles. The number of rotatable bonds is 16. The van der Waals surface area contributed by atoms with Crippen LogP contribution in [0.25, 0.3) is 20.5 Å². The molecule has 202 valence electrons. The lowest BCUT2D eigenvalue weighted by atomic mass is 10.0. The molecule has 8 heteroatoms. The van der Waals surface area contributed by atoms with Crippen molar-refractivity contribution < 1.29 is 23.0 Å². The highest BCUT2D eigenvalue weighted by Crippen LogP contribution is 2.36. The van der Waals surface area contributed by atoms with Crippen molar-refractivity contribution in [2.24, 2.45) is 11.5 Å². The highest BCUT2D eigenvalue weighted by Gasteiger charge is 2.28. The summed E-state index contributed by atoms with van der Waals surface area (Å²) in [4.78, 5) is 12.6. The number of fused-ring (bicyclic) bond motifs is 1. The van der Waals surface area contributed by atoms with Gasteiger partial charge in [0.25, 0.3) is 0 Å². The fourth-order valence-corrected chi connectivity index (χ4v) is 5.11. The van der Waals surface area contributed by atoms with Crippen molar-refractivity contribution in [1.82, 2.24) is 0 Å². The summed E-state index contributed by atoms with van der Waals surface area (Å²) in [6, 6.07) is 15.9. The molecule has 2 aromatic carbocycles. The fraction of sp³-hybridized carbons (Fsp3) is 0.483. The SMILES string of the molecule is CCCCCc1ccc(-c2cc3ccc(OCCCC(F)(F)CCCOC(=O)C(N)CN)cc3s2)cc1. The molecule has 0 amide bonds. The van der Waals surface area contributed by atoms with Crippen LogP contribution in [0, 0.1) is 0 Å². The first-order valence-corrected chi connectivity index (χ1v) is 13.9. The summed E-state index contributed by atoms with van der Waals surface area (Å²) in [7, 11) is 0. The zero-order valence-corrected chi connectivity index (χ0v) is 22.3. The third-order valence-electron chi connectivity index (χ3n) is 6.24. The van der Waals surface area contributed by atoms with E-state index in [0.717, 1.165) is 16.5 Å². The molecule has 37 heavy (non-hydrogen) atoms. The Kier molecular flexibility index (Phi) is 11.3. The van der Waals surface area contributed by atoms with Crippen LogP contribution in [-0.2, 0) is 16.0 Å². The van der Waals surface area contributed by atoms with Crippen LogP contribution in [0.3, 0.4) is 0 Å². The van der Waals surface area contributed by atoms with Crippen molar-refractivity contribution in [2.75, 3.05) is 19.8 Å². The van der Waals surface area contributed by atoms with Crippen molar-refractivity contribution in [2.45, 2.75) is 70.3 Å². The normalized spacial score (nSPS) is 12.6. The maximum atomic E-state index is 14.1. The second-order valence-corrected chi connectivity index (χ2v) is 10.5. The molecule has 3 rings (SSSR count). The highest BCUT2D eigenvalue weighted by atomic mass is 32.1. The summed E-state index contributed by atoms with van der Waals surface area (Å²) in [6.07, 6.45) is 4.47. The van der Waals surface area contributed by atoms with Gasteiger partial charge in [0.2, 0.25) is 5.92 Å². The molecule has 1 atom stereocenters. The van der Waals surface area contributed by atoms with Crippen molar-refractivity contribution in [3.05, 3.63) is 54.1 Å². The van der Waals surface area contributed by atoms with Crippen molar-refractivity contribution in [3.63, 3.8) is 0 Å². The summed E-state index contributed by atoms with van der Waals surface area (Å²) in [5.74, 6) is -2.83. The van der Waals surface area contributed by atoms with Gasteiger partial charge >= 0.3 is 5.97 Å². The van der Waals surface area contributed by atoms with Crippen LogP contribution in [-0.4, -0.2) is 37.7 Å². The number of benzene rings is 2. The van der Waals surface area contributed by atoms with Crippen molar-refractivity contribution in [1.29, 1.82) is 0 Å². The third kappa shape index (κ3) is 9.36. The molecular weight excluding hydrogens is 494 g/mol. The number of unbranched alkanes of at least 4 members (excludes halogenated alkanes) is 2. The molecule has 0 aliphatic heterocycles. The van der Waals surface area contributed by atoms with Gasteiger partial charge in [-0.15, -0.1) is 11.3 Å². The zero-order chi connectivity index (χ0) is 26.7. The predicted molar refractivity (Wildman–Crippen MR) is 147 cm³/mol. The lowest BCUT2D eigenvalue weighted by Crippen LogP contribution is -2.39. The topological polar surface area (TPSA) is 87.6 Å². The molecule has 0 saturated carbocycles. The Morgan fingerprint density at radius 2 is 1.73 bits per heavy atom. The minimum absolute atomic E-state index is 0.0391. The Morgan fingerprint density at radius 3 is 2.43 bits per heavy atom. The maximum absolute atomic E-state index is 14.1. The predicted octanol–water partition coefficient (Wildman–Crippen LogP) is 6.70. The van der Waals surface area contributed by atoms with Crippen LogP contribution >= 0.6 is 11.3 Å². The Morgan fingerprint density at radius 1 is 1.00 bits per heavy atom. The summed E-state index contributed by atoms with van der Waals surface area (Å²) in [5.41, 5.74) is 13.3. The summed E-state index contributed by atoms with van der Waals surface area (Å²) >= 11 is 1.70. The smallest absolute Gasteiger partial charge is 0.324 e. The molecule has 1 unspecified atom stereocenters. The summed E-state index contributed by atoms with van der Waals surface area (Å²) in [5, 5.41) is 1.14.